The van der Waals surface area contributed by atoms with E-state index in [9.17, 15) is 9.59 Å². The first-order chi connectivity index (χ1) is 16.8. The lowest BCUT2D eigenvalue weighted by Crippen LogP contribution is -2.53. The number of amides is 2. The van der Waals surface area contributed by atoms with Crippen LogP contribution in [-0.2, 0) is 29.9 Å². The zero-order valence-corrected chi connectivity index (χ0v) is 22.7. The molecule has 0 aromatic heterocycles. The second-order valence-corrected chi connectivity index (χ2v) is 11.4. The Hall–Kier alpha value is -2.30. The van der Waals surface area contributed by atoms with Gasteiger partial charge in [-0.3, -0.25) is 4.90 Å². The second-order valence-electron chi connectivity index (χ2n) is 11.4. The SMILES string of the molecule is CC(C)(C)OC(=O)N1CCOC[C@@H]1COC(=O)NC(CCc1ccccc1)B1OC(C)(C)C(C)(C)O1. The van der Waals surface area contributed by atoms with Crippen molar-refractivity contribution >= 4 is 19.3 Å². The predicted molar refractivity (Wildman–Crippen MR) is 137 cm³/mol. The van der Waals surface area contributed by atoms with Crippen molar-refractivity contribution in [3.63, 3.8) is 0 Å². The predicted octanol–water partition coefficient (Wildman–Crippen LogP) is 3.98. The molecule has 0 saturated carbocycles. The Kier molecular flexibility index (Phi) is 8.95. The molecule has 2 atom stereocenters. The first-order valence-corrected chi connectivity index (χ1v) is 12.7. The van der Waals surface area contributed by atoms with Crippen molar-refractivity contribution in [2.75, 3.05) is 26.4 Å². The van der Waals surface area contributed by atoms with Crippen LogP contribution in [0.2, 0.25) is 0 Å². The van der Waals surface area contributed by atoms with Crippen LogP contribution >= 0.6 is 0 Å². The molecule has 9 nitrogen and oxygen atoms in total. The summed E-state index contributed by atoms with van der Waals surface area (Å²) in [6.07, 6.45) is 0.292. The van der Waals surface area contributed by atoms with Gasteiger partial charge in [-0.15, -0.1) is 0 Å². The highest BCUT2D eigenvalue weighted by atomic mass is 16.7. The molecule has 200 valence electrons. The van der Waals surface area contributed by atoms with Crippen molar-refractivity contribution in [2.24, 2.45) is 0 Å². The zero-order valence-electron chi connectivity index (χ0n) is 22.7. The third kappa shape index (κ3) is 7.60. The van der Waals surface area contributed by atoms with Gasteiger partial charge < -0.3 is 28.8 Å². The van der Waals surface area contributed by atoms with Gasteiger partial charge in [0.15, 0.2) is 0 Å². The van der Waals surface area contributed by atoms with Gasteiger partial charge in [0.25, 0.3) is 0 Å². The first-order valence-electron chi connectivity index (χ1n) is 12.7. The maximum absolute atomic E-state index is 12.9. The van der Waals surface area contributed by atoms with Crippen LogP contribution in [0, 0.1) is 0 Å². The van der Waals surface area contributed by atoms with Gasteiger partial charge in [0.2, 0.25) is 0 Å². The van der Waals surface area contributed by atoms with E-state index >= 15 is 0 Å². The number of benzene rings is 1. The van der Waals surface area contributed by atoms with Crippen LogP contribution in [-0.4, -0.2) is 79.4 Å². The van der Waals surface area contributed by atoms with E-state index in [1.54, 1.807) is 4.90 Å². The van der Waals surface area contributed by atoms with Gasteiger partial charge in [-0.05, 0) is 66.9 Å². The van der Waals surface area contributed by atoms with Crippen molar-refractivity contribution in [1.82, 2.24) is 10.2 Å². The van der Waals surface area contributed by atoms with Crippen LogP contribution in [0.5, 0.6) is 0 Å². The Morgan fingerprint density at radius 3 is 2.39 bits per heavy atom. The maximum Gasteiger partial charge on any atom is 0.482 e. The van der Waals surface area contributed by atoms with Gasteiger partial charge >= 0.3 is 19.3 Å². The van der Waals surface area contributed by atoms with Crippen LogP contribution in [0.25, 0.3) is 0 Å². The minimum atomic E-state index is -0.623. The van der Waals surface area contributed by atoms with E-state index < -0.39 is 48.1 Å². The van der Waals surface area contributed by atoms with Gasteiger partial charge in [0.1, 0.15) is 12.2 Å². The summed E-state index contributed by atoms with van der Waals surface area (Å²) >= 11 is 0. The number of alkyl carbamates (subject to hydrolysis) is 1. The molecule has 2 aliphatic rings. The summed E-state index contributed by atoms with van der Waals surface area (Å²) in [4.78, 5) is 27.1. The van der Waals surface area contributed by atoms with E-state index in [0.29, 0.717) is 19.6 Å². The van der Waals surface area contributed by atoms with Gasteiger partial charge in [-0.1, -0.05) is 30.3 Å². The molecule has 1 N–H and O–H groups in total. The normalized spacial score (nSPS) is 22.1. The molecule has 36 heavy (non-hydrogen) atoms. The highest BCUT2D eigenvalue weighted by Gasteiger charge is 2.54. The molecule has 2 aliphatic heterocycles. The Morgan fingerprint density at radius 2 is 1.78 bits per heavy atom. The highest BCUT2D eigenvalue weighted by molar-refractivity contribution is 6.48. The minimum absolute atomic E-state index is 0.0140. The van der Waals surface area contributed by atoms with Crippen LogP contribution in [0.4, 0.5) is 9.59 Å². The van der Waals surface area contributed by atoms with Crippen molar-refractivity contribution in [1.29, 1.82) is 0 Å². The molecule has 2 fully saturated rings. The number of aryl methyl sites for hydroxylation is 1. The number of rotatable bonds is 7. The lowest BCUT2D eigenvalue weighted by molar-refractivity contribution is -0.0461. The Balaban J connectivity index is 1.62. The van der Waals surface area contributed by atoms with E-state index in [2.05, 4.69) is 5.32 Å². The summed E-state index contributed by atoms with van der Waals surface area (Å²) in [7, 11) is -0.623. The molecule has 0 bridgehead atoms. The van der Waals surface area contributed by atoms with E-state index in [-0.39, 0.29) is 13.2 Å². The Bertz CT molecular complexity index is 872. The lowest BCUT2D eigenvalue weighted by atomic mass is 9.75. The van der Waals surface area contributed by atoms with E-state index in [0.717, 1.165) is 12.0 Å². The Morgan fingerprint density at radius 1 is 1.14 bits per heavy atom. The molecule has 1 aromatic carbocycles. The summed E-state index contributed by atoms with van der Waals surface area (Å²) in [6.45, 7) is 14.4. The molecule has 1 unspecified atom stereocenters. The van der Waals surface area contributed by atoms with Crippen LogP contribution in [0.15, 0.2) is 30.3 Å². The molecular weight excluding hydrogens is 463 g/mol. The number of hydrogen-bond donors (Lipinski definition) is 1. The van der Waals surface area contributed by atoms with Gasteiger partial charge in [0, 0.05) is 6.54 Å². The largest absolute Gasteiger partial charge is 0.482 e. The number of nitrogens with one attached hydrogen (secondary N) is 1. The third-order valence-electron chi connectivity index (χ3n) is 6.75. The molecule has 0 aliphatic carbocycles. The summed E-state index contributed by atoms with van der Waals surface area (Å²) in [5.41, 5.74) is -0.516. The second kappa shape index (κ2) is 11.4. The molecule has 0 spiro atoms. The molecule has 2 amide bonds. The van der Waals surface area contributed by atoms with E-state index in [4.69, 9.17) is 23.5 Å². The average Bonchev–Trinajstić information content (AvgIpc) is 3.01. The zero-order chi connectivity index (χ0) is 26.6. The lowest BCUT2D eigenvalue weighted by Gasteiger charge is -2.36. The maximum atomic E-state index is 12.9. The van der Waals surface area contributed by atoms with E-state index in [1.807, 2.05) is 78.8 Å². The molecule has 10 heteroatoms. The van der Waals surface area contributed by atoms with Crippen molar-refractivity contribution in [3.05, 3.63) is 35.9 Å². The standard InChI is InChI=1S/C26H41BN2O7/c1-24(2,3)34-23(31)29-15-16-32-17-20(29)18-33-22(30)28-21(14-13-19-11-9-8-10-12-19)27-35-25(4,5)26(6,7)36-27/h8-12,20-21H,13-18H2,1-7H3,(H,28,30)/t20-,21?/m1/s1. The fourth-order valence-electron chi connectivity index (χ4n) is 4.01. The smallest absolute Gasteiger partial charge is 0.447 e. The summed E-state index contributed by atoms with van der Waals surface area (Å²) in [5, 5.41) is 2.94. The molecule has 3 rings (SSSR count). The summed E-state index contributed by atoms with van der Waals surface area (Å²) < 4.78 is 29.0. The van der Waals surface area contributed by atoms with Gasteiger partial charge in [-0.25, -0.2) is 9.59 Å². The fraction of sp³-hybridized carbons (Fsp3) is 0.692. The quantitative estimate of drug-likeness (QED) is 0.562. The number of nitrogens with zero attached hydrogens (tertiary/aromatic N) is 1. The first kappa shape index (κ1) is 28.3. The summed E-state index contributed by atoms with van der Waals surface area (Å²) in [5.74, 6) is -0.427. The van der Waals surface area contributed by atoms with Gasteiger partial charge in [0.05, 0.1) is 36.4 Å². The number of hydrogen-bond acceptors (Lipinski definition) is 7. The number of morpholine rings is 1. The Labute approximate surface area is 215 Å². The molecule has 2 saturated heterocycles. The third-order valence-corrected chi connectivity index (χ3v) is 6.75. The summed E-state index contributed by atoms with van der Waals surface area (Å²) in [6, 6.07) is 9.62. The number of carbonyl (C=O) groups is 2. The molecule has 2 heterocycles. The van der Waals surface area contributed by atoms with Crippen LogP contribution < -0.4 is 5.32 Å². The average molecular weight is 504 g/mol. The van der Waals surface area contributed by atoms with Crippen LogP contribution in [0.3, 0.4) is 0 Å². The molecular formula is C26H41BN2O7. The van der Waals surface area contributed by atoms with Crippen LogP contribution in [0.1, 0.15) is 60.5 Å². The molecule has 1 aromatic rings. The van der Waals surface area contributed by atoms with Crippen molar-refractivity contribution in [3.8, 4) is 0 Å². The minimum Gasteiger partial charge on any atom is -0.447 e. The monoisotopic (exact) mass is 504 g/mol. The van der Waals surface area contributed by atoms with Gasteiger partial charge in [-0.2, -0.15) is 0 Å². The number of ether oxygens (including phenoxy) is 3. The topological polar surface area (TPSA) is 95.6 Å². The highest BCUT2D eigenvalue weighted by Crippen LogP contribution is 2.38. The fourth-order valence-corrected chi connectivity index (χ4v) is 4.01. The molecule has 0 radical (unpaired) electrons. The van der Waals surface area contributed by atoms with Crippen molar-refractivity contribution < 1.29 is 33.1 Å². The number of carbonyl (C=O) groups excluding carboxylic acids is 2. The van der Waals surface area contributed by atoms with E-state index in [1.165, 1.54) is 0 Å². The van der Waals surface area contributed by atoms with Crippen molar-refractivity contribution in [2.45, 2.75) is 90.1 Å².